The summed E-state index contributed by atoms with van der Waals surface area (Å²) in [6.45, 7) is 1.82. The second-order valence-corrected chi connectivity index (χ2v) is 8.57. The molecule has 0 saturated heterocycles. The average molecular weight is 542 g/mol. The number of aromatic amines is 1. The van der Waals surface area contributed by atoms with Crippen LogP contribution in [0, 0.1) is 6.92 Å². The molecule has 0 bridgehead atoms. The van der Waals surface area contributed by atoms with Crippen LogP contribution in [0.5, 0.6) is 11.5 Å². The number of halogens is 2. The van der Waals surface area contributed by atoms with E-state index in [0.29, 0.717) is 27.2 Å². The zero-order valence-electron chi connectivity index (χ0n) is 16.0. The summed E-state index contributed by atoms with van der Waals surface area (Å²) in [4.78, 5) is 16.7. The molecule has 0 unspecified atom stereocenters. The number of phenolic OH excluding ortho intramolecular Hbond substituents is 2. The fraction of sp³-hybridized carbons (Fsp3) is 0.0455. The van der Waals surface area contributed by atoms with Crippen molar-refractivity contribution in [1.29, 1.82) is 0 Å². The number of oxazole rings is 1. The first-order chi connectivity index (χ1) is 14.9. The van der Waals surface area contributed by atoms with Gasteiger partial charge in [0, 0.05) is 24.3 Å². The van der Waals surface area contributed by atoms with Crippen LogP contribution in [0.3, 0.4) is 0 Å². The third-order valence-electron chi connectivity index (χ3n) is 4.78. The third-order valence-corrected chi connectivity index (χ3v) is 6.14. The minimum absolute atomic E-state index is 0.0697. The molecular formula is C22H14Br2N4O3. The fourth-order valence-corrected chi connectivity index (χ4v) is 4.41. The van der Waals surface area contributed by atoms with E-state index < -0.39 is 0 Å². The quantitative estimate of drug-likeness (QED) is 0.230. The number of benzene rings is 3. The second-order valence-electron chi connectivity index (χ2n) is 6.92. The first kappa shape index (κ1) is 19.8. The Hall–Kier alpha value is -3.17. The zero-order valence-corrected chi connectivity index (χ0v) is 19.2. The number of hydrogen-bond donors (Lipinski definition) is 3. The third kappa shape index (κ3) is 3.60. The van der Waals surface area contributed by atoms with Gasteiger partial charge >= 0.3 is 0 Å². The Morgan fingerprint density at radius 2 is 1.81 bits per heavy atom. The largest absolute Gasteiger partial charge is 0.506 e. The lowest BCUT2D eigenvalue weighted by Crippen LogP contribution is -1.85. The Kier molecular flexibility index (Phi) is 4.79. The first-order valence-electron chi connectivity index (χ1n) is 9.20. The number of imidazole rings is 1. The van der Waals surface area contributed by atoms with Crippen molar-refractivity contribution in [3.8, 4) is 22.9 Å². The lowest BCUT2D eigenvalue weighted by Gasteiger charge is -2.06. The number of aryl methyl sites for hydroxylation is 1. The lowest BCUT2D eigenvalue weighted by molar-refractivity contribution is 0.442. The smallest absolute Gasteiger partial charge is 0.192 e. The molecule has 9 heteroatoms. The van der Waals surface area contributed by atoms with Crippen LogP contribution in [-0.4, -0.2) is 31.4 Å². The van der Waals surface area contributed by atoms with Gasteiger partial charge in [-0.15, -0.1) is 0 Å². The highest BCUT2D eigenvalue weighted by Crippen LogP contribution is 2.40. The standard InChI is InChI=1S/C22H14Br2N4O3/c1-10-26-16-4-2-11(7-18(16)31-10)22-27-15-5-3-13(8-17(15)28-22)25-9-12-6-14(23)21(30)19(24)20(12)29/h2-9,29-30H,1H3,(H,27,28). The van der Waals surface area contributed by atoms with Crippen LogP contribution in [0.1, 0.15) is 11.5 Å². The van der Waals surface area contributed by atoms with Crippen molar-refractivity contribution in [3.63, 3.8) is 0 Å². The average Bonchev–Trinajstić information content (AvgIpc) is 3.35. The summed E-state index contributed by atoms with van der Waals surface area (Å²) in [5.74, 6) is 1.18. The molecule has 2 aromatic heterocycles. The number of rotatable bonds is 3. The summed E-state index contributed by atoms with van der Waals surface area (Å²) in [7, 11) is 0. The molecule has 3 aromatic carbocycles. The summed E-state index contributed by atoms with van der Waals surface area (Å²) in [5.41, 5.74) is 5.20. The number of nitrogens with zero attached hydrogens (tertiary/aromatic N) is 3. The molecule has 0 aliphatic rings. The summed E-state index contributed by atoms with van der Waals surface area (Å²) in [6.07, 6.45) is 1.53. The maximum atomic E-state index is 10.2. The van der Waals surface area contributed by atoms with Crippen molar-refractivity contribution in [3.05, 3.63) is 62.9 Å². The molecule has 0 aliphatic carbocycles. The Bertz CT molecular complexity index is 1500. The summed E-state index contributed by atoms with van der Waals surface area (Å²) >= 11 is 6.42. The predicted octanol–water partition coefficient (Wildman–Crippen LogP) is 6.37. The first-order valence-corrected chi connectivity index (χ1v) is 10.8. The van der Waals surface area contributed by atoms with Crippen molar-refractivity contribution < 1.29 is 14.6 Å². The van der Waals surface area contributed by atoms with Gasteiger partial charge in [-0.3, -0.25) is 4.99 Å². The summed E-state index contributed by atoms with van der Waals surface area (Å²) < 4.78 is 6.27. The van der Waals surface area contributed by atoms with E-state index in [4.69, 9.17) is 4.42 Å². The molecule has 0 fully saturated rings. The van der Waals surface area contributed by atoms with Gasteiger partial charge in [0.1, 0.15) is 27.3 Å². The van der Waals surface area contributed by atoms with E-state index in [0.717, 1.165) is 27.9 Å². The summed E-state index contributed by atoms with van der Waals surface area (Å²) in [6, 6.07) is 13.0. The van der Waals surface area contributed by atoms with Gasteiger partial charge in [0.2, 0.25) is 0 Å². The second kappa shape index (κ2) is 7.51. The van der Waals surface area contributed by atoms with Gasteiger partial charge in [0.15, 0.2) is 11.5 Å². The Labute approximate surface area is 192 Å². The molecule has 3 N–H and O–H groups in total. The Balaban J connectivity index is 1.49. The number of aliphatic imine (C=N–C) groups is 1. The van der Waals surface area contributed by atoms with Gasteiger partial charge in [-0.25, -0.2) is 9.97 Å². The van der Waals surface area contributed by atoms with E-state index in [9.17, 15) is 10.2 Å². The van der Waals surface area contributed by atoms with Crippen LogP contribution in [-0.2, 0) is 0 Å². The molecule has 0 spiro atoms. The van der Waals surface area contributed by atoms with Crippen LogP contribution in [0.25, 0.3) is 33.5 Å². The molecule has 5 rings (SSSR count). The number of phenols is 2. The Morgan fingerprint density at radius 1 is 1.00 bits per heavy atom. The van der Waals surface area contributed by atoms with Crippen molar-refractivity contribution in [1.82, 2.24) is 15.0 Å². The summed E-state index contributed by atoms with van der Waals surface area (Å²) in [5, 5.41) is 20.1. The minimum atomic E-state index is -0.0904. The van der Waals surface area contributed by atoms with Gasteiger partial charge in [-0.05, 0) is 74.3 Å². The Morgan fingerprint density at radius 3 is 2.65 bits per heavy atom. The van der Waals surface area contributed by atoms with E-state index >= 15 is 0 Å². The molecule has 0 amide bonds. The number of hydrogen-bond acceptors (Lipinski definition) is 6. The molecule has 7 nitrogen and oxygen atoms in total. The highest BCUT2D eigenvalue weighted by molar-refractivity contribution is 9.11. The van der Waals surface area contributed by atoms with Crippen molar-refractivity contribution in [2.45, 2.75) is 6.92 Å². The topological polar surface area (TPSA) is 108 Å². The van der Waals surface area contributed by atoms with Crippen molar-refractivity contribution in [2.75, 3.05) is 0 Å². The minimum Gasteiger partial charge on any atom is -0.506 e. The molecule has 31 heavy (non-hydrogen) atoms. The van der Waals surface area contributed by atoms with Crippen LogP contribution >= 0.6 is 31.9 Å². The van der Waals surface area contributed by atoms with Gasteiger partial charge in [0.05, 0.1) is 21.2 Å². The van der Waals surface area contributed by atoms with Crippen LogP contribution in [0.15, 0.2) is 60.8 Å². The van der Waals surface area contributed by atoms with Gasteiger partial charge in [-0.1, -0.05) is 0 Å². The van der Waals surface area contributed by atoms with E-state index in [2.05, 4.69) is 51.8 Å². The van der Waals surface area contributed by atoms with Gasteiger partial charge < -0.3 is 19.6 Å². The number of aromatic nitrogens is 3. The molecule has 5 aromatic rings. The van der Waals surface area contributed by atoms with E-state index in [1.54, 1.807) is 6.07 Å². The van der Waals surface area contributed by atoms with Crippen LogP contribution in [0.4, 0.5) is 5.69 Å². The number of nitrogens with one attached hydrogen (secondary N) is 1. The molecule has 0 aliphatic heterocycles. The van der Waals surface area contributed by atoms with Gasteiger partial charge in [-0.2, -0.15) is 0 Å². The lowest BCUT2D eigenvalue weighted by atomic mass is 10.2. The van der Waals surface area contributed by atoms with Crippen molar-refractivity contribution >= 4 is 65.9 Å². The van der Waals surface area contributed by atoms with E-state index in [-0.39, 0.29) is 16.0 Å². The molecule has 0 saturated carbocycles. The van der Waals surface area contributed by atoms with E-state index in [1.807, 2.05) is 43.3 Å². The van der Waals surface area contributed by atoms with Crippen LogP contribution < -0.4 is 0 Å². The normalized spacial score (nSPS) is 11.8. The molecule has 154 valence electrons. The highest BCUT2D eigenvalue weighted by atomic mass is 79.9. The highest BCUT2D eigenvalue weighted by Gasteiger charge is 2.13. The molecule has 0 atom stereocenters. The van der Waals surface area contributed by atoms with Crippen molar-refractivity contribution in [2.24, 2.45) is 4.99 Å². The molecular weight excluding hydrogens is 528 g/mol. The van der Waals surface area contributed by atoms with Crippen LogP contribution in [0.2, 0.25) is 0 Å². The maximum absolute atomic E-state index is 10.2. The SMILES string of the molecule is Cc1nc2ccc(-c3nc4ccc(N=Cc5cc(Br)c(O)c(Br)c5O)cc4[nH]3)cc2o1. The number of H-pyrrole nitrogens is 1. The zero-order chi connectivity index (χ0) is 21.7. The van der Waals surface area contributed by atoms with E-state index in [1.165, 1.54) is 6.21 Å². The fourth-order valence-electron chi connectivity index (χ4n) is 3.26. The predicted molar refractivity (Wildman–Crippen MR) is 126 cm³/mol. The monoisotopic (exact) mass is 540 g/mol. The number of aromatic hydroxyl groups is 2. The maximum Gasteiger partial charge on any atom is 0.192 e. The molecule has 0 radical (unpaired) electrons. The number of fused-ring (bicyclic) bond motifs is 2. The molecule has 2 heterocycles. The van der Waals surface area contributed by atoms with Gasteiger partial charge in [0.25, 0.3) is 0 Å².